The van der Waals surface area contributed by atoms with Crippen molar-refractivity contribution in [3.63, 3.8) is 0 Å². The number of esters is 1. The van der Waals surface area contributed by atoms with E-state index in [1.807, 2.05) is 13.8 Å². The van der Waals surface area contributed by atoms with Crippen LogP contribution < -0.4 is 0 Å². The summed E-state index contributed by atoms with van der Waals surface area (Å²) in [5.41, 5.74) is -0.0241. The zero-order chi connectivity index (χ0) is 16.4. The molecule has 0 saturated carbocycles. The average Bonchev–Trinajstić information content (AvgIpc) is 2.29. The SMILES string of the molecule is Cc1cc(C(=O)OC(C)CC(C)C)cc(S(=O)(=O)Cl)c1F. The molecule has 0 heterocycles. The maximum Gasteiger partial charge on any atom is 0.338 e. The topological polar surface area (TPSA) is 60.4 Å². The van der Waals surface area contributed by atoms with Crippen LogP contribution in [0.25, 0.3) is 0 Å². The first-order valence-electron chi connectivity index (χ1n) is 6.48. The van der Waals surface area contributed by atoms with E-state index >= 15 is 0 Å². The first kappa shape index (κ1) is 17.9. The number of ether oxygens (including phenoxy) is 1. The Morgan fingerprint density at radius 3 is 2.38 bits per heavy atom. The summed E-state index contributed by atoms with van der Waals surface area (Å²) >= 11 is 0. The molecule has 1 aromatic carbocycles. The minimum Gasteiger partial charge on any atom is -0.459 e. The minimum atomic E-state index is -4.27. The molecule has 0 fully saturated rings. The number of aryl methyl sites for hydroxylation is 1. The third-order valence-corrected chi connectivity index (χ3v) is 4.15. The highest BCUT2D eigenvalue weighted by Gasteiger charge is 2.22. The third kappa shape index (κ3) is 4.97. The van der Waals surface area contributed by atoms with Crippen molar-refractivity contribution in [2.24, 2.45) is 5.92 Å². The number of carbonyl (C=O) groups is 1. The normalized spacial score (nSPS) is 13.3. The third-order valence-electron chi connectivity index (χ3n) is 2.83. The molecule has 0 bridgehead atoms. The summed E-state index contributed by atoms with van der Waals surface area (Å²) in [6, 6.07) is 2.14. The molecular formula is C14H18ClFO4S. The summed E-state index contributed by atoms with van der Waals surface area (Å²) in [4.78, 5) is 11.3. The second kappa shape index (κ2) is 6.75. The largest absolute Gasteiger partial charge is 0.459 e. The zero-order valence-electron chi connectivity index (χ0n) is 12.3. The lowest BCUT2D eigenvalue weighted by atomic mass is 10.1. The molecule has 4 nitrogen and oxygen atoms in total. The van der Waals surface area contributed by atoms with Crippen molar-refractivity contribution < 1.29 is 22.3 Å². The molecule has 1 unspecified atom stereocenters. The van der Waals surface area contributed by atoms with Gasteiger partial charge in [0, 0.05) is 10.7 Å². The Balaban J connectivity index is 3.09. The van der Waals surface area contributed by atoms with Crippen LogP contribution in [0.2, 0.25) is 0 Å². The molecule has 0 saturated heterocycles. The van der Waals surface area contributed by atoms with Crippen molar-refractivity contribution in [3.8, 4) is 0 Å². The van der Waals surface area contributed by atoms with Gasteiger partial charge in [-0.25, -0.2) is 17.6 Å². The second-order valence-electron chi connectivity index (χ2n) is 5.39. The molecule has 1 aromatic rings. The van der Waals surface area contributed by atoms with Gasteiger partial charge in [0.05, 0.1) is 11.7 Å². The Morgan fingerprint density at radius 2 is 1.90 bits per heavy atom. The van der Waals surface area contributed by atoms with E-state index in [2.05, 4.69) is 0 Å². The van der Waals surface area contributed by atoms with Gasteiger partial charge in [-0.3, -0.25) is 0 Å². The van der Waals surface area contributed by atoms with Crippen LogP contribution in [0.5, 0.6) is 0 Å². The maximum absolute atomic E-state index is 13.8. The van der Waals surface area contributed by atoms with E-state index in [0.717, 1.165) is 6.07 Å². The summed E-state index contributed by atoms with van der Waals surface area (Å²) in [5, 5.41) is 0. The molecule has 0 aliphatic rings. The Hall–Kier alpha value is -1.14. The van der Waals surface area contributed by atoms with Crippen LogP contribution >= 0.6 is 10.7 Å². The molecule has 0 radical (unpaired) electrons. The van der Waals surface area contributed by atoms with Crippen molar-refractivity contribution >= 4 is 25.7 Å². The maximum atomic E-state index is 13.8. The van der Waals surface area contributed by atoms with Gasteiger partial charge in [-0.15, -0.1) is 0 Å². The van der Waals surface area contributed by atoms with Crippen LogP contribution in [-0.4, -0.2) is 20.5 Å². The molecule has 1 atom stereocenters. The van der Waals surface area contributed by atoms with Crippen LogP contribution in [0.3, 0.4) is 0 Å². The fourth-order valence-corrected chi connectivity index (χ4v) is 2.97. The summed E-state index contributed by atoms with van der Waals surface area (Å²) in [5.74, 6) is -1.31. The number of halogens is 2. The molecule has 0 aliphatic heterocycles. The minimum absolute atomic E-state index is 0.0141. The van der Waals surface area contributed by atoms with Crippen molar-refractivity contribution in [1.82, 2.24) is 0 Å². The van der Waals surface area contributed by atoms with E-state index in [1.54, 1.807) is 6.92 Å². The Labute approximate surface area is 128 Å². The molecule has 0 aromatic heterocycles. The first-order chi connectivity index (χ1) is 9.52. The molecule has 118 valence electrons. The Bertz CT molecular complexity index is 641. The van der Waals surface area contributed by atoms with Crippen LogP contribution in [0.15, 0.2) is 17.0 Å². The van der Waals surface area contributed by atoms with E-state index in [-0.39, 0.29) is 17.2 Å². The van der Waals surface area contributed by atoms with Gasteiger partial charge in [0.2, 0.25) is 0 Å². The highest BCUT2D eigenvalue weighted by Crippen LogP contribution is 2.24. The Morgan fingerprint density at radius 1 is 1.33 bits per heavy atom. The quantitative estimate of drug-likeness (QED) is 0.608. The van der Waals surface area contributed by atoms with Gasteiger partial charge in [0.25, 0.3) is 9.05 Å². The van der Waals surface area contributed by atoms with E-state index in [4.69, 9.17) is 15.4 Å². The van der Waals surface area contributed by atoms with Crippen LogP contribution in [0.1, 0.15) is 43.1 Å². The van der Waals surface area contributed by atoms with Gasteiger partial charge >= 0.3 is 5.97 Å². The highest BCUT2D eigenvalue weighted by atomic mass is 35.7. The smallest absolute Gasteiger partial charge is 0.338 e. The van der Waals surface area contributed by atoms with Gasteiger partial charge in [-0.2, -0.15) is 0 Å². The molecule has 0 N–H and O–H groups in total. The summed E-state index contributed by atoms with van der Waals surface area (Å²) in [6.07, 6.45) is 0.353. The lowest BCUT2D eigenvalue weighted by molar-refractivity contribution is 0.0299. The zero-order valence-corrected chi connectivity index (χ0v) is 13.9. The molecule has 0 aliphatic carbocycles. The molecule has 0 spiro atoms. The summed E-state index contributed by atoms with van der Waals surface area (Å²) in [6.45, 7) is 7.08. The number of benzene rings is 1. The van der Waals surface area contributed by atoms with Crippen molar-refractivity contribution in [2.45, 2.75) is 45.1 Å². The molecule has 21 heavy (non-hydrogen) atoms. The first-order valence-corrected chi connectivity index (χ1v) is 8.79. The average molecular weight is 337 g/mol. The molecule has 0 amide bonds. The number of rotatable bonds is 5. The lowest BCUT2D eigenvalue weighted by Crippen LogP contribution is -2.17. The molecular weight excluding hydrogens is 319 g/mol. The van der Waals surface area contributed by atoms with Crippen molar-refractivity contribution in [3.05, 3.63) is 29.1 Å². The predicted octanol–water partition coefficient (Wildman–Crippen LogP) is 3.65. The van der Waals surface area contributed by atoms with E-state index in [0.29, 0.717) is 12.3 Å². The highest BCUT2D eigenvalue weighted by molar-refractivity contribution is 8.13. The lowest BCUT2D eigenvalue weighted by Gasteiger charge is -2.15. The Kier molecular flexibility index (Phi) is 5.75. The molecule has 1 rings (SSSR count). The van der Waals surface area contributed by atoms with Gasteiger partial charge < -0.3 is 4.74 Å². The van der Waals surface area contributed by atoms with Gasteiger partial charge in [-0.1, -0.05) is 13.8 Å². The van der Waals surface area contributed by atoms with Crippen molar-refractivity contribution in [2.75, 3.05) is 0 Å². The van der Waals surface area contributed by atoms with Crippen LogP contribution in [0, 0.1) is 18.7 Å². The fraction of sp³-hybridized carbons (Fsp3) is 0.500. The van der Waals surface area contributed by atoms with Crippen LogP contribution in [0.4, 0.5) is 4.39 Å². The van der Waals surface area contributed by atoms with Crippen LogP contribution in [-0.2, 0) is 13.8 Å². The monoisotopic (exact) mass is 336 g/mol. The summed E-state index contributed by atoms with van der Waals surface area (Å²) < 4.78 is 41.6. The van der Waals surface area contributed by atoms with E-state index in [1.165, 1.54) is 13.0 Å². The van der Waals surface area contributed by atoms with Gasteiger partial charge in [0.1, 0.15) is 10.7 Å². The second-order valence-corrected chi connectivity index (χ2v) is 7.92. The van der Waals surface area contributed by atoms with E-state index < -0.39 is 25.7 Å². The number of hydrogen-bond donors (Lipinski definition) is 0. The van der Waals surface area contributed by atoms with Gasteiger partial charge in [0.15, 0.2) is 0 Å². The summed E-state index contributed by atoms with van der Waals surface area (Å²) in [7, 11) is 0.897. The number of hydrogen-bond acceptors (Lipinski definition) is 4. The fourth-order valence-electron chi connectivity index (χ4n) is 2.00. The van der Waals surface area contributed by atoms with Gasteiger partial charge in [-0.05, 0) is 43.9 Å². The number of carbonyl (C=O) groups excluding carboxylic acids is 1. The standard InChI is InChI=1S/C14H18ClFO4S/c1-8(2)5-10(4)20-14(17)11-6-9(3)13(16)12(7-11)21(15,18)19/h6-8,10H,5H2,1-4H3. The van der Waals surface area contributed by atoms with Crippen molar-refractivity contribution in [1.29, 1.82) is 0 Å². The molecule has 7 heteroatoms. The van der Waals surface area contributed by atoms with E-state index in [9.17, 15) is 17.6 Å². The predicted molar refractivity (Wildman–Crippen MR) is 78.5 cm³/mol.